The number of aromatic nitrogens is 3. The standard InChI is InChI=1S/C22H30N6.HI/c1-17-9-12-27(15-21(17)28-13-11-24-16-28)22(23-2)25-10-5-6-18-14-26-20-8-4-3-7-19(18)20;/h3-4,7-8,11,13-14,16-17,21,26H,5-6,9-10,12,15H2,1-2H3,(H,23,25);1H. The summed E-state index contributed by atoms with van der Waals surface area (Å²) in [6.45, 7) is 5.28. The number of nitrogens with one attached hydrogen (secondary N) is 2. The molecular formula is C22H31IN6. The minimum absolute atomic E-state index is 0. The van der Waals surface area contributed by atoms with Crippen molar-refractivity contribution < 1.29 is 0 Å². The molecule has 0 bridgehead atoms. The first-order chi connectivity index (χ1) is 13.8. The summed E-state index contributed by atoms with van der Waals surface area (Å²) in [7, 11) is 1.88. The number of para-hydroxylation sites is 1. The van der Waals surface area contributed by atoms with E-state index in [2.05, 4.69) is 73.3 Å². The Kier molecular flexibility index (Phi) is 7.57. The fourth-order valence-corrected chi connectivity index (χ4v) is 4.24. The summed E-state index contributed by atoms with van der Waals surface area (Å²) in [5.41, 5.74) is 2.61. The molecular weight excluding hydrogens is 475 g/mol. The van der Waals surface area contributed by atoms with E-state index in [1.807, 2.05) is 19.6 Å². The molecule has 1 fully saturated rings. The fraction of sp³-hybridized carbons (Fsp3) is 0.455. The monoisotopic (exact) mass is 506 g/mol. The molecule has 0 radical (unpaired) electrons. The topological polar surface area (TPSA) is 61.2 Å². The summed E-state index contributed by atoms with van der Waals surface area (Å²) >= 11 is 0. The van der Waals surface area contributed by atoms with Crippen LogP contribution in [0.25, 0.3) is 10.9 Å². The van der Waals surface area contributed by atoms with Crippen molar-refractivity contribution in [3.63, 3.8) is 0 Å². The van der Waals surface area contributed by atoms with E-state index in [0.717, 1.165) is 38.4 Å². The van der Waals surface area contributed by atoms with Crippen LogP contribution in [-0.4, -0.2) is 52.1 Å². The van der Waals surface area contributed by atoms with Crippen molar-refractivity contribution in [2.24, 2.45) is 10.9 Å². The van der Waals surface area contributed by atoms with E-state index in [-0.39, 0.29) is 24.0 Å². The number of hydrogen-bond acceptors (Lipinski definition) is 2. The average Bonchev–Trinajstić information content (AvgIpc) is 3.39. The summed E-state index contributed by atoms with van der Waals surface area (Å²) in [6.07, 6.45) is 11.3. The molecule has 2 unspecified atom stereocenters. The zero-order valence-electron chi connectivity index (χ0n) is 17.2. The van der Waals surface area contributed by atoms with Crippen LogP contribution in [0.15, 0.2) is 54.2 Å². The van der Waals surface area contributed by atoms with Crippen molar-refractivity contribution >= 4 is 40.8 Å². The van der Waals surface area contributed by atoms with Gasteiger partial charge < -0.3 is 19.8 Å². The Morgan fingerprint density at radius 1 is 1.34 bits per heavy atom. The number of H-pyrrole nitrogens is 1. The maximum atomic E-state index is 4.54. The first-order valence-electron chi connectivity index (χ1n) is 10.2. The van der Waals surface area contributed by atoms with E-state index >= 15 is 0 Å². The number of benzene rings is 1. The van der Waals surface area contributed by atoms with Crippen molar-refractivity contribution in [2.75, 3.05) is 26.7 Å². The Hall–Kier alpha value is -2.03. The van der Waals surface area contributed by atoms with Crippen LogP contribution in [0.1, 0.15) is 31.4 Å². The molecule has 0 amide bonds. The van der Waals surface area contributed by atoms with E-state index < -0.39 is 0 Å². The van der Waals surface area contributed by atoms with Crippen LogP contribution in [0.3, 0.4) is 0 Å². The van der Waals surface area contributed by atoms with Gasteiger partial charge in [0.25, 0.3) is 0 Å². The lowest BCUT2D eigenvalue weighted by atomic mass is 9.93. The number of piperidine rings is 1. The predicted molar refractivity (Wildman–Crippen MR) is 130 cm³/mol. The number of rotatable bonds is 5. The minimum atomic E-state index is 0. The van der Waals surface area contributed by atoms with Gasteiger partial charge in [0.1, 0.15) is 0 Å². The number of hydrogen-bond donors (Lipinski definition) is 2. The second-order valence-electron chi connectivity index (χ2n) is 7.73. The second-order valence-corrected chi connectivity index (χ2v) is 7.73. The van der Waals surface area contributed by atoms with Crippen LogP contribution in [0.2, 0.25) is 0 Å². The third-order valence-electron chi connectivity index (χ3n) is 5.92. The van der Waals surface area contributed by atoms with E-state index in [1.54, 1.807) is 0 Å². The van der Waals surface area contributed by atoms with Gasteiger partial charge >= 0.3 is 0 Å². The number of aliphatic imine (C=N–C) groups is 1. The number of guanidine groups is 1. The van der Waals surface area contributed by atoms with E-state index in [1.165, 1.54) is 22.9 Å². The van der Waals surface area contributed by atoms with Gasteiger partial charge in [-0.3, -0.25) is 4.99 Å². The van der Waals surface area contributed by atoms with Crippen LogP contribution in [0.5, 0.6) is 0 Å². The lowest BCUT2D eigenvalue weighted by molar-refractivity contribution is 0.189. The number of aromatic amines is 1. The molecule has 6 nitrogen and oxygen atoms in total. The molecule has 1 aliphatic heterocycles. The highest BCUT2D eigenvalue weighted by Crippen LogP contribution is 2.27. The molecule has 1 aliphatic rings. The molecule has 7 heteroatoms. The van der Waals surface area contributed by atoms with E-state index in [4.69, 9.17) is 0 Å². The molecule has 2 N–H and O–H groups in total. The summed E-state index contributed by atoms with van der Waals surface area (Å²) in [6, 6.07) is 8.95. The zero-order valence-corrected chi connectivity index (χ0v) is 19.5. The third kappa shape index (κ3) is 4.94. The molecule has 1 aromatic carbocycles. The Morgan fingerprint density at radius 2 is 2.21 bits per heavy atom. The first kappa shape index (κ1) is 21.7. The second kappa shape index (κ2) is 10.1. The summed E-state index contributed by atoms with van der Waals surface area (Å²) in [5.74, 6) is 1.65. The van der Waals surface area contributed by atoms with Crippen molar-refractivity contribution in [3.8, 4) is 0 Å². The average molecular weight is 506 g/mol. The van der Waals surface area contributed by atoms with Gasteiger partial charge in [0, 0.05) is 56.2 Å². The van der Waals surface area contributed by atoms with Crippen molar-refractivity contribution in [3.05, 3.63) is 54.7 Å². The van der Waals surface area contributed by atoms with Crippen LogP contribution >= 0.6 is 24.0 Å². The molecule has 0 spiro atoms. The summed E-state index contributed by atoms with van der Waals surface area (Å²) < 4.78 is 2.24. The molecule has 2 atom stereocenters. The van der Waals surface area contributed by atoms with Crippen molar-refractivity contribution in [1.82, 2.24) is 24.8 Å². The van der Waals surface area contributed by atoms with Gasteiger partial charge in [-0.1, -0.05) is 25.1 Å². The van der Waals surface area contributed by atoms with Gasteiger partial charge in [-0.25, -0.2) is 4.98 Å². The number of nitrogens with zero attached hydrogens (tertiary/aromatic N) is 4. The molecule has 156 valence electrons. The van der Waals surface area contributed by atoms with Crippen LogP contribution in [0.4, 0.5) is 0 Å². The zero-order chi connectivity index (χ0) is 19.3. The molecule has 4 rings (SSSR count). The summed E-state index contributed by atoms with van der Waals surface area (Å²) in [4.78, 5) is 14.5. The van der Waals surface area contributed by atoms with Crippen LogP contribution in [0, 0.1) is 5.92 Å². The van der Waals surface area contributed by atoms with E-state index in [9.17, 15) is 0 Å². The lowest BCUT2D eigenvalue weighted by Gasteiger charge is -2.39. The molecule has 0 saturated carbocycles. The first-order valence-corrected chi connectivity index (χ1v) is 10.2. The van der Waals surface area contributed by atoms with Gasteiger partial charge in [-0.15, -0.1) is 24.0 Å². The number of likely N-dealkylation sites (tertiary alicyclic amines) is 1. The quantitative estimate of drug-likeness (QED) is 0.237. The summed E-state index contributed by atoms with van der Waals surface area (Å²) in [5, 5.41) is 4.90. The number of halogens is 1. The Balaban J connectivity index is 0.00000240. The maximum Gasteiger partial charge on any atom is 0.193 e. The van der Waals surface area contributed by atoms with Gasteiger partial charge in [0.05, 0.1) is 12.4 Å². The van der Waals surface area contributed by atoms with Gasteiger partial charge in [0.2, 0.25) is 0 Å². The van der Waals surface area contributed by atoms with Crippen LogP contribution < -0.4 is 5.32 Å². The normalized spacial score (nSPS) is 19.9. The molecule has 3 heterocycles. The molecule has 0 aliphatic carbocycles. The Labute approximate surface area is 189 Å². The highest BCUT2D eigenvalue weighted by Gasteiger charge is 2.28. The number of imidazole rings is 1. The predicted octanol–water partition coefficient (Wildman–Crippen LogP) is 4.07. The van der Waals surface area contributed by atoms with Gasteiger partial charge in [-0.05, 0) is 36.8 Å². The van der Waals surface area contributed by atoms with Crippen molar-refractivity contribution in [1.29, 1.82) is 0 Å². The molecule has 29 heavy (non-hydrogen) atoms. The minimum Gasteiger partial charge on any atom is -0.361 e. The van der Waals surface area contributed by atoms with E-state index in [0.29, 0.717) is 12.0 Å². The molecule has 2 aromatic heterocycles. The highest BCUT2D eigenvalue weighted by molar-refractivity contribution is 14.0. The fourth-order valence-electron chi connectivity index (χ4n) is 4.24. The highest BCUT2D eigenvalue weighted by atomic mass is 127. The maximum absolute atomic E-state index is 4.54. The SMILES string of the molecule is CN=C(NCCCc1c[nH]c2ccccc12)N1CCC(C)C(n2ccnc2)C1.I. The van der Waals surface area contributed by atoms with Crippen LogP contribution in [-0.2, 0) is 6.42 Å². The smallest absolute Gasteiger partial charge is 0.193 e. The van der Waals surface area contributed by atoms with Gasteiger partial charge in [0.15, 0.2) is 5.96 Å². The lowest BCUT2D eigenvalue weighted by Crippen LogP contribution is -2.49. The van der Waals surface area contributed by atoms with Gasteiger partial charge in [-0.2, -0.15) is 0 Å². The number of aryl methyl sites for hydroxylation is 1. The Morgan fingerprint density at radius 3 is 3.00 bits per heavy atom. The molecule has 1 saturated heterocycles. The third-order valence-corrected chi connectivity index (χ3v) is 5.92. The Bertz CT molecular complexity index is 916. The van der Waals surface area contributed by atoms with Crippen molar-refractivity contribution in [2.45, 2.75) is 32.2 Å². The number of fused-ring (bicyclic) bond motifs is 1. The largest absolute Gasteiger partial charge is 0.361 e. The molecule has 3 aromatic rings.